The Labute approximate surface area is 210 Å². The number of fused-ring (bicyclic) bond motifs is 2. The topological polar surface area (TPSA) is 126 Å². The second-order valence-electron chi connectivity index (χ2n) is 10.8. The number of carbonyl (C=O) groups is 1. The quantitative estimate of drug-likeness (QED) is 0.647. The predicted molar refractivity (Wildman–Crippen MR) is 131 cm³/mol. The van der Waals surface area contributed by atoms with Crippen molar-refractivity contribution in [3.63, 3.8) is 0 Å². The Balaban J connectivity index is 1.34. The number of nitrogens with zero attached hydrogens (tertiary/aromatic N) is 9. The molecule has 2 aromatic heterocycles. The molecule has 10 heteroatoms. The molecule has 4 aliphatic rings. The first-order chi connectivity index (χ1) is 17.4. The molecule has 2 atom stereocenters. The van der Waals surface area contributed by atoms with E-state index in [0.29, 0.717) is 37.6 Å². The third kappa shape index (κ3) is 3.17. The van der Waals surface area contributed by atoms with Crippen molar-refractivity contribution < 1.29 is 4.79 Å². The van der Waals surface area contributed by atoms with Crippen LogP contribution in [0, 0.1) is 28.1 Å². The van der Waals surface area contributed by atoms with Crippen LogP contribution in [0.2, 0.25) is 0 Å². The third-order valence-corrected chi connectivity index (χ3v) is 8.71. The average Bonchev–Trinajstić information content (AvgIpc) is 3.21. The molecule has 10 nitrogen and oxygen atoms in total. The molecule has 0 radical (unpaired) electrons. The summed E-state index contributed by atoms with van der Waals surface area (Å²) in [6.07, 6.45) is 8.71. The highest BCUT2D eigenvalue weighted by Crippen LogP contribution is 2.56. The normalized spacial score (nSPS) is 25.4. The van der Waals surface area contributed by atoms with Crippen molar-refractivity contribution in [3.05, 3.63) is 29.8 Å². The summed E-state index contributed by atoms with van der Waals surface area (Å²) in [5.41, 5.74) is 0.564. The molecule has 184 valence electrons. The van der Waals surface area contributed by atoms with Gasteiger partial charge in [-0.1, -0.05) is 6.42 Å². The molecule has 1 spiro atoms. The highest BCUT2D eigenvalue weighted by molar-refractivity contribution is 5.87. The Bertz CT molecular complexity index is 1300. The molecule has 0 N–H and O–H groups in total. The summed E-state index contributed by atoms with van der Waals surface area (Å²) in [7, 11) is 0. The maximum atomic E-state index is 13.3. The van der Waals surface area contributed by atoms with Crippen LogP contribution in [0.15, 0.2) is 18.6 Å². The number of rotatable bonds is 3. The maximum Gasteiger partial charge on any atom is 0.243 e. The monoisotopic (exact) mass is 483 g/mol. The molecule has 0 bridgehead atoms. The lowest BCUT2D eigenvalue weighted by Crippen LogP contribution is -2.62. The Kier molecular flexibility index (Phi) is 5.11. The van der Waals surface area contributed by atoms with Gasteiger partial charge in [0.2, 0.25) is 11.9 Å². The van der Waals surface area contributed by atoms with E-state index in [1.54, 1.807) is 18.6 Å². The smallest absolute Gasteiger partial charge is 0.243 e. The molecule has 3 fully saturated rings. The van der Waals surface area contributed by atoms with Gasteiger partial charge in [0.15, 0.2) is 0 Å². The van der Waals surface area contributed by atoms with E-state index >= 15 is 0 Å². The van der Waals surface area contributed by atoms with E-state index in [9.17, 15) is 15.3 Å². The molecule has 2 saturated carbocycles. The van der Waals surface area contributed by atoms with Gasteiger partial charge in [-0.3, -0.25) is 9.69 Å². The van der Waals surface area contributed by atoms with E-state index in [1.807, 2.05) is 9.80 Å². The van der Waals surface area contributed by atoms with Gasteiger partial charge >= 0.3 is 0 Å². The first kappa shape index (κ1) is 22.7. The molecule has 1 amide bonds. The van der Waals surface area contributed by atoms with Crippen molar-refractivity contribution in [2.24, 2.45) is 5.41 Å². The van der Waals surface area contributed by atoms with Gasteiger partial charge in [0.1, 0.15) is 35.1 Å². The van der Waals surface area contributed by atoms with E-state index in [1.165, 1.54) is 0 Å². The van der Waals surface area contributed by atoms with E-state index in [4.69, 9.17) is 4.98 Å². The lowest BCUT2D eigenvalue weighted by Gasteiger charge is -2.49. The van der Waals surface area contributed by atoms with Gasteiger partial charge in [-0.25, -0.2) is 19.9 Å². The van der Waals surface area contributed by atoms with Crippen molar-refractivity contribution in [1.29, 1.82) is 10.5 Å². The summed E-state index contributed by atoms with van der Waals surface area (Å²) in [5.74, 6) is 2.21. The number of aromatic nitrogens is 4. The fraction of sp³-hybridized carbons (Fsp3) is 0.577. The minimum absolute atomic E-state index is 0.0145. The Hall–Kier alpha value is -3.79. The van der Waals surface area contributed by atoms with E-state index in [0.717, 1.165) is 49.4 Å². The second-order valence-corrected chi connectivity index (χ2v) is 10.8. The number of piperazine rings is 1. The molecule has 0 aromatic carbocycles. The predicted octanol–water partition coefficient (Wildman–Crippen LogP) is 2.83. The lowest BCUT2D eigenvalue weighted by molar-refractivity contribution is -0.146. The molecule has 36 heavy (non-hydrogen) atoms. The minimum Gasteiger partial charge on any atom is -0.350 e. The molecule has 0 unspecified atom stereocenters. The Morgan fingerprint density at radius 2 is 1.78 bits per heavy atom. The summed E-state index contributed by atoms with van der Waals surface area (Å²) in [4.78, 5) is 38.0. The molecule has 6 rings (SSSR count). The highest BCUT2D eigenvalue weighted by Gasteiger charge is 2.53. The van der Waals surface area contributed by atoms with Gasteiger partial charge in [0.05, 0.1) is 6.07 Å². The molecule has 2 aliphatic heterocycles. The van der Waals surface area contributed by atoms with Crippen molar-refractivity contribution in [2.75, 3.05) is 29.4 Å². The van der Waals surface area contributed by atoms with Crippen LogP contribution in [0.5, 0.6) is 0 Å². The Morgan fingerprint density at radius 3 is 2.42 bits per heavy atom. The van der Waals surface area contributed by atoms with Crippen LogP contribution < -0.4 is 9.80 Å². The third-order valence-electron chi connectivity index (χ3n) is 8.71. The van der Waals surface area contributed by atoms with Crippen LogP contribution in [0.25, 0.3) is 0 Å². The van der Waals surface area contributed by atoms with Gasteiger partial charge in [-0.05, 0) is 52.0 Å². The van der Waals surface area contributed by atoms with Gasteiger partial charge < -0.3 is 9.80 Å². The number of nitriles is 2. The zero-order valence-corrected chi connectivity index (χ0v) is 20.7. The van der Waals surface area contributed by atoms with Gasteiger partial charge in [0, 0.05) is 48.9 Å². The number of carbonyl (C=O) groups excluding carboxylic acids is 1. The largest absolute Gasteiger partial charge is 0.350 e. The van der Waals surface area contributed by atoms with Crippen LogP contribution in [0.1, 0.15) is 63.6 Å². The van der Waals surface area contributed by atoms with Crippen molar-refractivity contribution >= 4 is 23.5 Å². The van der Waals surface area contributed by atoms with Gasteiger partial charge in [-0.2, -0.15) is 10.5 Å². The zero-order chi connectivity index (χ0) is 25.1. The fourth-order valence-electron chi connectivity index (χ4n) is 6.32. The molecule has 2 aliphatic carbocycles. The highest BCUT2D eigenvalue weighted by atomic mass is 16.2. The number of hydrogen-bond donors (Lipinski definition) is 0. The fourth-order valence-corrected chi connectivity index (χ4v) is 6.32. The van der Waals surface area contributed by atoms with E-state index < -0.39 is 5.41 Å². The number of anilines is 3. The summed E-state index contributed by atoms with van der Waals surface area (Å²) in [5, 5.41) is 19.0. The summed E-state index contributed by atoms with van der Waals surface area (Å²) < 4.78 is 0. The van der Waals surface area contributed by atoms with Crippen LogP contribution >= 0.6 is 0 Å². The van der Waals surface area contributed by atoms with Gasteiger partial charge in [-0.15, -0.1) is 0 Å². The first-order valence-electron chi connectivity index (χ1n) is 12.8. The molecular formula is C26H29N9O. The standard InChI is InChI=1S/C26H29N9O/c1-17-13-34(23(36)25(14-28)6-3-7-25)18(2)12-33(17)21-20-22(31-16-30-21)35(15-26(20)8-4-9-26)24-29-10-5-19(11-27)32-24/h5,10,16-18H,3-4,6-9,12-13,15H2,1-2H3/t17-,18+/m0/s1. The lowest BCUT2D eigenvalue weighted by atomic mass is 9.66. The van der Waals surface area contributed by atoms with Crippen molar-refractivity contribution in [3.8, 4) is 12.1 Å². The second kappa shape index (κ2) is 8.12. The summed E-state index contributed by atoms with van der Waals surface area (Å²) in [6.45, 7) is 6.12. The maximum absolute atomic E-state index is 13.3. The van der Waals surface area contributed by atoms with Crippen LogP contribution in [-0.2, 0) is 10.2 Å². The van der Waals surface area contributed by atoms with Crippen LogP contribution in [0.4, 0.5) is 17.6 Å². The average molecular weight is 484 g/mol. The van der Waals surface area contributed by atoms with Gasteiger partial charge in [0.25, 0.3) is 0 Å². The van der Waals surface area contributed by atoms with Crippen LogP contribution in [0.3, 0.4) is 0 Å². The SMILES string of the molecule is C[C@@H]1CN(c2ncnc3c2C2(CCC2)CN3c2nccc(C#N)n2)[C@@H](C)CN1C(=O)C1(C#N)CCC1. The molecular weight excluding hydrogens is 454 g/mol. The first-order valence-corrected chi connectivity index (χ1v) is 12.8. The number of amides is 1. The summed E-state index contributed by atoms with van der Waals surface area (Å²) >= 11 is 0. The van der Waals surface area contributed by atoms with E-state index in [-0.39, 0.29) is 23.4 Å². The minimum atomic E-state index is -0.833. The van der Waals surface area contributed by atoms with Crippen molar-refractivity contribution in [2.45, 2.75) is 69.9 Å². The molecule has 4 heterocycles. The van der Waals surface area contributed by atoms with E-state index in [2.05, 4.69) is 45.8 Å². The van der Waals surface area contributed by atoms with Crippen molar-refractivity contribution in [1.82, 2.24) is 24.8 Å². The van der Waals surface area contributed by atoms with Crippen LogP contribution in [-0.4, -0.2) is 62.5 Å². The Morgan fingerprint density at radius 1 is 1.03 bits per heavy atom. The summed E-state index contributed by atoms with van der Waals surface area (Å²) in [6, 6.07) is 6.04. The molecule has 1 saturated heterocycles. The molecule has 2 aromatic rings. The zero-order valence-electron chi connectivity index (χ0n) is 20.7. The number of hydrogen-bond acceptors (Lipinski definition) is 9.